The molecule has 1 amide bonds. The number of carbonyl (C=O) groups is 1. The van der Waals surface area contributed by atoms with E-state index in [2.05, 4.69) is 20.4 Å². The van der Waals surface area contributed by atoms with Crippen molar-refractivity contribution in [3.8, 4) is 5.69 Å². The molecule has 0 bridgehead atoms. The second-order valence-electron chi connectivity index (χ2n) is 5.51. The van der Waals surface area contributed by atoms with Gasteiger partial charge < -0.3 is 10.3 Å². The van der Waals surface area contributed by atoms with Crippen LogP contribution in [0, 0.1) is 6.92 Å². The van der Waals surface area contributed by atoms with Crippen LogP contribution in [0.15, 0.2) is 53.8 Å². The van der Waals surface area contributed by atoms with Crippen molar-refractivity contribution in [2.45, 2.75) is 19.9 Å². The molecule has 122 valence electrons. The van der Waals surface area contributed by atoms with Gasteiger partial charge in [-0.05, 0) is 43.7 Å². The highest BCUT2D eigenvalue weighted by Gasteiger charge is 2.14. The molecule has 1 aromatic carbocycles. The van der Waals surface area contributed by atoms with Gasteiger partial charge in [-0.3, -0.25) is 9.59 Å². The Morgan fingerprint density at radius 1 is 1.21 bits per heavy atom. The third kappa shape index (κ3) is 3.24. The van der Waals surface area contributed by atoms with Gasteiger partial charge in [-0.1, -0.05) is 12.1 Å². The number of carbonyl (C=O) groups excluding carboxylic acids is 1. The molecule has 3 aromatic rings. The SMILES string of the molecule is Cc1ccc(C(=O)NC(C)c2ccc(-n3cncn3)cc2)c(=O)[nH]1. The normalized spacial score (nSPS) is 11.9. The van der Waals surface area contributed by atoms with E-state index in [-0.39, 0.29) is 17.2 Å². The maximum atomic E-state index is 12.3. The van der Waals surface area contributed by atoms with E-state index >= 15 is 0 Å². The molecule has 1 unspecified atom stereocenters. The number of aromatic nitrogens is 4. The van der Waals surface area contributed by atoms with Gasteiger partial charge in [0.2, 0.25) is 0 Å². The Balaban J connectivity index is 1.73. The van der Waals surface area contributed by atoms with Crippen LogP contribution >= 0.6 is 0 Å². The minimum Gasteiger partial charge on any atom is -0.345 e. The van der Waals surface area contributed by atoms with Crippen molar-refractivity contribution in [2.75, 3.05) is 0 Å². The lowest BCUT2D eigenvalue weighted by atomic mass is 10.1. The Kier molecular flexibility index (Phi) is 4.24. The molecule has 0 spiro atoms. The van der Waals surface area contributed by atoms with E-state index in [0.717, 1.165) is 11.3 Å². The van der Waals surface area contributed by atoms with Crippen molar-refractivity contribution in [2.24, 2.45) is 0 Å². The lowest BCUT2D eigenvalue weighted by molar-refractivity contribution is 0.0938. The molecular formula is C17H17N5O2. The summed E-state index contributed by atoms with van der Waals surface area (Å²) in [7, 11) is 0. The maximum absolute atomic E-state index is 12.3. The molecule has 7 heteroatoms. The number of nitrogens with zero attached hydrogens (tertiary/aromatic N) is 3. The summed E-state index contributed by atoms with van der Waals surface area (Å²) in [5.41, 5.74) is 2.24. The van der Waals surface area contributed by atoms with Crippen molar-refractivity contribution in [1.82, 2.24) is 25.1 Å². The van der Waals surface area contributed by atoms with E-state index in [1.165, 1.54) is 12.4 Å². The van der Waals surface area contributed by atoms with E-state index in [9.17, 15) is 9.59 Å². The molecular weight excluding hydrogens is 306 g/mol. The molecule has 7 nitrogen and oxygen atoms in total. The molecule has 24 heavy (non-hydrogen) atoms. The first-order valence-electron chi connectivity index (χ1n) is 7.50. The zero-order valence-electron chi connectivity index (χ0n) is 13.4. The van der Waals surface area contributed by atoms with Crippen LogP contribution in [-0.2, 0) is 0 Å². The van der Waals surface area contributed by atoms with Gasteiger partial charge in [0.15, 0.2) is 0 Å². The molecule has 2 aromatic heterocycles. The standard InChI is InChI=1S/C17H17N5O2/c1-11-3-8-15(16(23)20-11)17(24)21-12(2)13-4-6-14(7-5-13)22-10-18-9-19-22/h3-10,12H,1-2H3,(H,20,23)(H,21,24). The predicted octanol–water partition coefficient (Wildman–Crippen LogP) is 1.76. The minimum absolute atomic E-state index is 0.103. The molecule has 1 atom stereocenters. The van der Waals surface area contributed by atoms with E-state index in [0.29, 0.717) is 5.69 Å². The maximum Gasteiger partial charge on any atom is 0.260 e. The minimum atomic E-state index is -0.399. The van der Waals surface area contributed by atoms with Gasteiger partial charge in [0, 0.05) is 5.69 Å². The first-order valence-corrected chi connectivity index (χ1v) is 7.50. The quantitative estimate of drug-likeness (QED) is 0.765. The van der Waals surface area contributed by atoms with Gasteiger partial charge in [-0.25, -0.2) is 9.67 Å². The molecule has 0 fully saturated rings. The molecule has 2 N–H and O–H groups in total. The van der Waals surface area contributed by atoms with Crippen LogP contribution in [0.3, 0.4) is 0 Å². The number of aromatic amines is 1. The fraction of sp³-hybridized carbons (Fsp3) is 0.176. The van der Waals surface area contributed by atoms with Gasteiger partial charge >= 0.3 is 0 Å². The molecule has 0 saturated carbocycles. The summed E-state index contributed by atoms with van der Waals surface area (Å²) in [6, 6.07) is 10.6. The van der Waals surface area contributed by atoms with Crippen LogP contribution in [0.25, 0.3) is 5.69 Å². The summed E-state index contributed by atoms with van der Waals surface area (Å²) in [4.78, 5) is 30.6. The van der Waals surface area contributed by atoms with Crippen LogP contribution < -0.4 is 10.9 Å². The Hall–Kier alpha value is -3.22. The van der Waals surface area contributed by atoms with Crippen LogP contribution in [0.5, 0.6) is 0 Å². The summed E-state index contributed by atoms with van der Waals surface area (Å²) in [5, 5.41) is 6.90. The Morgan fingerprint density at radius 2 is 1.96 bits per heavy atom. The molecule has 2 heterocycles. The Morgan fingerprint density at radius 3 is 2.58 bits per heavy atom. The van der Waals surface area contributed by atoms with E-state index in [1.54, 1.807) is 24.0 Å². The summed E-state index contributed by atoms with van der Waals surface area (Å²) in [6.07, 6.45) is 3.08. The number of nitrogens with one attached hydrogen (secondary N) is 2. The van der Waals surface area contributed by atoms with Crippen molar-refractivity contribution in [3.63, 3.8) is 0 Å². The van der Waals surface area contributed by atoms with Crippen LogP contribution in [0.2, 0.25) is 0 Å². The van der Waals surface area contributed by atoms with Crippen molar-refractivity contribution in [1.29, 1.82) is 0 Å². The smallest absolute Gasteiger partial charge is 0.260 e. The van der Waals surface area contributed by atoms with E-state index < -0.39 is 5.91 Å². The number of pyridine rings is 1. The Labute approximate surface area is 138 Å². The first-order chi connectivity index (χ1) is 11.5. The zero-order chi connectivity index (χ0) is 17.1. The van der Waals surface area contributed by atoms with Crippen LogP contribution in [0.4, 0.5) is 0 Å². The van der Waals surface area contributed by atoms with Gasteiger partial charge in [-0.2, -0.15) is 5.10 Å². The third-order valence-corrected chi connectivity index (χ3v) is 3.72. The molecule has 0 aliphatic heterocycles. The summed E-state index contributed by atoms with van der Waals surface area (Å²) in [5.74, 6) is -0.399. The first kappa shape index (κ1) is 15.7. The summed E-state index contributed by atoms with van der Waals surface area (Å²) in [6.45, 7) is 3.63. The summed E-state index contributed by atoms with van der Waals surface area (Å²) >= 11 is 0. The second kappa shape index (κ2) is 6.49. The van der Waals surface area contributed by atoms with Gasteiger partial charge in [-0.15, -0.1) is 0 Å². The van der Waals surface area contributed by atoms with Crippen molar-refractivity contribution >= 4 is 5.91 Å². The Bertz CT molecular complexity index is 897. The van der Waals surface area contributed by atoms with E-state index in [1.807, 2.05) is 31.2 Å². The summed E-state index contributed by atoms with van der Waals surface area (Å²) < 4.78 is 1.65. The molecule has 0 radical (unpaired) electrons. The second-order valence-corrected chi connectivity index (χ2v) is 5.51. The average Bonchev–Trinajstić information content (AvgIpc) is 3.09. The van der Waals surface area contributed by atoms with E-state index in [4.69, 9.17) is 0 Å². The monoisotopic (exact) mass is 323 g/mol. The molecule has 0 aliphatic carbocycles. The lowest BCUT2D eigenvalue weighted by Crippen LogP contribution is -2.31. The number of rotatable bonds is 4. The fourth-order valence-electron chi connectivity index (χ4n) is 2.37. The van der Waals surface area contributed by atoms with Gasteiger partial charge in [0.25, 0.3) is 11.5 Å². The highest BCUT2D eigenvalue weighted by molar-refractivity contribution is 5.94. The largest absolute Gasteiger partial charge is 0.345 e. The van der Waals surface area contributed by atoms with Crippen LogP contribution in [0.1, 0.15) is 34.6 Å². The zero-order valence-corrected chi connectivity index (χ0v) is 13.4. The van der Waals surface area contributed by atoms with Crippen molar-refractivity contribution in [3.05, 3.63) is 76.2 Å². The van der Waals surface area contributed by atoms with Crippen molar-refractivity contribution < 1.29 is 4.79 Å². The van der Waals surface area contributed by atoms with Crippen LogP contribution in [-0.4, -0.2) is 25.7 Å². The lowest BCUT2D eigenvalue weighted by Gasteiger charge is -2.14. The molecule has 0 aliphatic rings. The fourth-order valence-corrected chi connectivity index (χ4v) is 2.37. The predicted molar refractivity (Wildman–Crippen MR) is 89.0 cm³/mol. The number of hydrogen-bond acceptors (Lipinski definition) is 4. The number of benzene rings is 1. The van der Waals surface area contributed by atoms with Gasteiger partial charge in [0.05, 0.1) is 11.7 Å². The number of hydrogen-bond donors (Lipinski definition) is 2. The number of H-pyrrole nitrogens is 1. The highest BCUT2D eigenvalue weighted by atomic mass is 16.2. The topological polar surface area (TPSA) is 92.7 Å². The number of amides is 1. The molecule has 0 saturated heterocycles. The highest BCUT2D eigenvalue weighted by Crippen LogP contribution is 2.15. The van der Waals surface area contributed by atoms with Gasteiger partial charge in [0.1, 0.15) is 18.2 Å². The molecule has 3 rings (SSSR count). The average molecular weight is 323 g/mol. The third-order valence-electron chi connectivity index (χ3n) is 3.72. The number of aryl methyl sites for hydroxylation is 1.